The van der Waals surface area contributed by atoms with Gasteiger partial charge in [0.2, 0.25) is 5.91 Å². The molecule has 0 radical (unpaired) electrons. The number of hydrogen-bond acceptors (Lipinski definition) is 3. The zero-order valence-corrected chi connectivity index (χ0v) is 13.4. The maximum Gasteiger partial charge on any atom is 0.253 e. The summed E-state index contributed by atoms with van der Waals surface area (Å²) in [5.41, 5.74) is 1.04. The molecule has 2 N–H and O–H groups in total. The third-order valence-electron chi connectivity index (χ3n) is 3.33. The first kappa shape index (κ1) is 16.2. The van der Waals surface area contributed by atoms with E-state index in [1.165, 1.54) is 4.88 Å². The van der Waals surface area contributed by atoms with Crippen molar-refractivity contribution in [1.29, 1.82) is 0 Å². The lowest BCUT2D eigenvalue weighted by Crippen LogP contribution is -2.21. The minimum absolute atomic E-state index is 0.0532. The number of unbranched alkanes of at least 4 members (excludes halogenated alkanes) is 1. The topological polar surface area (TPSA) is 58.2 Å². The van der Waals surface area contributed by atoms with E-state index >= 15 is 0 Å². The first-order valence-corrected chi connectivity index (χ1v) is 8.22. The molecule has 0 aliphatic carbocycles. The minimum Gasteiger partial charge on any atom is -0.355 e. The summed E-state index contributed by atoms with van der Waals surface area (Å²) in [6.45, 7) is 0. The molecule has 2 rings (SSSR count). The summed E-state index contributed by atoms with van der Waals surface area (Å²) in [6.07, 6.45) is 3.31. The number of para-hydroxylation sites is 1. The molecule has 0 saturated carbocycles. The fraction of sp³-hybridized carbons (Fsp3) is 0.294. The van der Waals surface area contributed by atoms with Gasteiger partial charge in [-0.3, -0.25) is 9.59 Å². The summed E-state index contributed by atoms with van der Waals surface area (Å²) in [4.78, 5) is 25.1. The van der Waals surface area contributed by atoms with Gasteiger partial charge in [0, 0.05) is 18.3 Å². The third kappa shape index (κ3) is 4.70. The predicted octanol–water partition coefficient (Wildman–Crippen LogP) is 3.46. The Balaban J connectivity index is 1.80. The molecule has 0 fully saturated rings. The van der Waals surface area contributed by atoms with Crippen LogP contribution in [-0.2, 0) is 11.2 Å². The van der Waals surface area contributed by atoms with E-state index < -0.39 is 0 Å². The van der Waals surface area contributed by atoms with E-state index in [9.17, 15) is 9.59 Å². The number of aryl methyl sites for hydroxylation is 1. The minimum atomic E-state index is -0.200. The maximum absolute atomic E-state index is 12.0. The van der Waals surface area contributed by atoms with Crippen LogP contribution >= 0.6 is 11.3 Å². The van der Waals surface area contributed by atoms with E-state index in [0.717, 1.165) is 19.3 Å². The molecule has 0 aliphatic heterocycles. The average Bonchev–Trinajstić information content (AvgIpc) is 3.05. The lowest BCUT2D eigenvalue weighted by atomic mass is 10.1. The van der Waals surface area contributed by atoms with Crippen LogP contribution in [-0.4, -0.2) is 18.9 Å². The molecular formula is C17H20N2O2S. The Morgan fingerprint density at radius 3 is 2.64 bits per heavy atom. The average molecular weight is 316 g/mol. The molecule has 4 nitrogen and oxygen atoms in total. The largest absolute Gasteiger partial charge is 0.355 e. The molecule has 1 aromatic heterocycles. The fourth-order valence-corrected chi connectivity index (χ4v) is 2.93. The number of carbonyl (C=O) groups is 2. The van der Waals surface area contributed by atoms with E-state index in [-0.39, 0.29) is 11.8 Å². The third-order valence-corrected chi connectivity index (χ3v) is 4.27. The molecular weight excluding hydrogens is 296 g/mol. The van der Waals surface area contributed by atoms with Crippen LogP contribution in [0.25, 0.3) is 0 Å². The van der Waals surface area contributed by atoms with Gasteiger partial charge in [-0.2, -0.15) is 0 Å². The Morgan fingerprint density at radius 2 is 1.91 bits per heavy atom. The summed E-state index contributed by atoms with van der Waals surface area (Å²) >= 11 is 1.75. The van der Waals surface area contributed by atoms with Gasteiger partial charge in [0.1, 0.15) is 0 Å². The van der Waals surface area contributed by atoms with Gasteiger partial charge < -0.3 is 10.6 Å². The van der Waals surface area contributed by atoms with Crippen LogP contribution in [0.2, 0.25) is 0 Å². The summed E-state index contributed by atoms with van der Waals surface area (Å²) < 4.78 is 0. The summed E-state index contributed by atoms with van der Waals surface area (Å²) in [6, 6.07) is 11.2. The Kier molecular flexibility index (Phi) is 6.15. The van der Waals surface area contributed by atoms with Gasteiger partial charge in [0.25, 0.3) is 5.91 Å². The monoisotopic (exact) mass is 316 g/mol. The molecule has 0 unspecified atom stereocenters. The van der Waals surface area contributed by atoms with Crippen LogP contribution in [0.15, 0.2) is 41.8 Å². The Labute approximate surface area is 134 Å². The lowest BCUT2D eigenvalue weighted by molar-refractivity contribution is -0.116. The van der Waals surface area contributed by atoms with Crippen molar-refractivity contribution in [3.8, 4) is 0 Å². The summed E-state index contributed by atoms with van der Waals surface area (Å²) in [7, 11) is 1.57. The van der Waals surface area contributed by atoms with Crippen LogP contribution < -0.4 is 10.6 Å². The van der Waals surface area contributed by atoms with Gasteiger partial charge in [-0.15, -0.1) is 11.3 Å². The zero-order chi connectivity index (χ0) is 15.8. The first-order valence-electron chi connectivity index (χ1n) is 7.34. The predicted molar refractivity (Wildman–Crippen MR) is 90.3 cm³/mol. The summed E-state index contributed by atoms with van der Waals surface area (Å²) in [5, 5.41) is 7.46. The van der Waals surface area contributed by atoms with Crippen molar-refractivity contribution in [2.75, 3.05) is 12.4 Å². The zero-order valence-electron chi connectivity index (χ0n) is 12.6. The highest BCUT2D eigenvalue weighted by molar-refractivity contribution is 7.09. The second-order valence-corrected chi connectivity index (χ2v) is 5.99. The number of anilines is 1. The van der Waals surface area contributed by atoms with Gasteiger partial charge in [-0.25, -0.2) is 0 Å². The van der Waals surface area contributed by atoms with Crippen LogP contribution in [0.5, 0.6) is 0 Å². The second-order valence-electron chi connectivity index (χ2n) is 4.96. The number of hydrogen-bond donors (Lipinski definition) is 2. The highest BCUT2D eigenvalue weighted by Crippen LogP contribution is 2.16. The number of benzene rings is 1. The van der Waals surface area contributed by atoms with Gasteiger partial charge in [0.15, 0.2) is 0 Å². The Bertz CT molecular complexity index is 623. The molecule has 0 atom stereocenters. The molecule has 2 amide bonds. The molecule has 0 spiro atoms. The smallest absolute Gasteiger partial charge is 0.253 e. The second kappa shape index (κ2) is 8.34. The van der Waals surface area contributed by atoms with Gasteiger partial charge in [-0.05, 0) is 42.8 Å². The Hall–Kier alpha value is -2.14. The van der Waals surface area contributed by atoms with Crippen molar-refractivity contribution >= 4 is 28.8 Å². The van der Waals surface area contributed by atoms with Crippen LogP contribution in [0.1, 0.15) is 34.5 Å². The van der Waals surface area contributed by atoms with Crippen molar-refractivity contribution in [2.45, 2.75) is 25.7 Å². The molecule has 1 heterocycles. The standard InChI is InChI=1S/C17H20N2O2S/c1-18-17(21)14-9-3-4-10-15(14)19-16(20)11-5-2-7-13-8-6-12-22-13/h3-4,6,8-10,12H,2,5,7,11H2,1H3,(H,18,21)(H,19,20). The molecule has 0 saturated heterocycles. The van der Waals surface area contributed by atoms with Gasteiger partial charge >= 0.3 is 0 Å². The van der Waals surface area contributed by atoms with Crippen molar-refractivity contribution in [2.24, 2.45) is 0 Å². The van der Waals surface area contributed by atoms with Crippen molar-refractivity contribution in [1.82, 2.24) is 5.32 Å². The molecule has 0 bridgehead atoms. The molecule has 1 aromatic carbocycles. The van der Waals surface area contributed by atoms with Gasteiger partial charge in [0.05, 0.1) is 11.3 Å². The molecule has 5 heteroatoms. The Morgan fingerprint density at radius 1 is 1.09 bits per heavy atom. The van der Waals surface area contributed by atoms with Crippen molar-refractivity contribution in [3.05, 3.63) is 52.2 Å². The number of rotatable bonds is 7. The van der Waals surface area contributed by atoms with Crippen LogP contribution in [0, 0.1) is 0 Å². The highest BCUT2D eigenvalue weighted by Gasteiger charge is 2.11. The van der Waals surface area contributed by atoms with E-state index in [2.05, 4.69) is 22.1 Å². The normalized spacial score (nSPS) is 10.2. The molecule has 2 aromatic rings. The van der Waals surface area contributed by atoms with Gasteiger partial charge in [-0.1, -0.05) is 18.2 Å². The highest BCUT2D eigenvalue weighted by atomic mass is 32.1. The SMILES string of the molecule is CNC(=O)c1ccccc1NC(=O)CCCCc1cccs1. The van der Waals surface area contributed by atoms with Crippen molar-refractivity contribution in [3.63, 3.8) is 0 Å². The van der Waals surface area contributed by atoms with Crippen LogP contribution in [0.4, 0.5) is 5.69 Å². The van der Waals surface area contributed by atoms with E-state index in [4.69, 9.17) is 0 Å². The van der Waals surface area contributed by atoms with E-state index in [1.807, 2.05) is 6.07 Å². The van der Waals surface area contributed by atoms with E-state index in [0.29, 0.717) is 17.7 Å². The van der Waals surface area contributed by atoms with Crippen molar-refractivity contribution < 1.29 is 9.59 Å². The number of thiophene rings is 1. The van der Waals surface area contributed by atoms with Crippen LogP contribution in [0.3, 0.4) is 0 Å². The maximum atomic E-state index is 12.0. The number of carbonyl (C=O) groups excluding carboxylic acids is 2. The fourth-order valence-electron chi connectivity index (χ4n) is 2.18. The summed E-state index contributed by atoms with van der Waals surface area (Å²) in [5.74, 6) is -0.254. The lowest BCUT2D eigenvalue weighted by Gasteiger charge is -2.09. The molecule has 22 heavy (non-hydrogen) atoms. The number of nitrogens with one attached hydrogen (secondary N) is 2. The quantitative estimate of drug-likeness (QED) is 0.769. The first-order chi connectivity index (χ1) is 10.7. The van der Waals surface area contributed by atoms with E-state index in [1.54, 1.807) is 42.6 Å². The molecule has 116 valence electrons. The molecule has 0 aliphatic rings. The number of amides is 2.